The van der Waals surface area contributed by atoms with Crippen LogP contribution in [0.3, 0.4) is 0 Å². The van der Waals surface area contributed by atoms with Crippen molar-refractivity contribution < 1.29 is 9.47 Å². The quantitative estimate of drug-likeness (QED) is 0.262. The van der Waals surface area contributed by atoms with Crippen molar-refractivity contribution in [3.8, 4) is 17.2 Å². The van der Waals surface area contributed by atoms with Gasteiger partial charge in [0.15, 0.2) is 5.96 Å². The number of nitrogens with zero attached hydrogens (tertiary/aromatic N) is 3. The minimum absolute atomic E-state index is 0. The number of aromatic nitrogens is 2. The number of guanidine groups is 1. The van der Waals surface area contributed by atoms with E-state index < -0.39 is 0 Å². The van der Waals surface area contributed by atoms with Crippen molar-refractivity contribution in [3.63, 3.8) is 0 Å². The molecule has 7 nitrogen and oxygen atoms in total. The molecular formula is C23H30IN5O2. The number of rotatable bonds is 8. The van der Waals surface area contributed by atoms with Gasteiger partial charge in [0, 0.05) is 19.8 Å². The molecule has 0 atom stereocenters. The summed E-state index contributed by atoms with van der Waals surface area (Å²) in [7, 11) is 5.12. The van der Waals surface area contributed by atoms with E-state index in [0.29, 0.717) is 6.54 Å². The fraction of sp³-hybridized carbons (Fsp3) is 0.304. The monoisotopic (exact) mass is 535 g/mol. The Kier molecular flexibility index (Phi) is 9.64. The molecule has 0 aliphatic heterocycles. The average molecular weight is 535 g/mol. The SMILES string of the molecule is CN=C(NCCc1cc(C)ccc1OC)NCc1ccn(-c2ccc(OC)cc2)n1.I. The normalized spacial score (nSPS) is 10.9. The summed E-state index contributed by atoms with van der Waals surface area (Å²) < 4.78 is 12.5. The molecule has 0 fully saturated rings. The highest BCUT2D eigenvalue weighted by Gasteiger charge is 2.06. The molecular weight excluding hydrogens is 505 g/mol. The summed E-state index contributed by atoms with van der Waals surface area (Å²) >= 11 is 0. The van der Waals surface area contributed by atoms with Gasteiger partial charge in [-0.1, -0.05) is 17.7 Å². The van der Waals surface area contributed by atoms with Gasteiger partial charge in [-0.2, -0.15) is 5.10 Å². The maximum absolute atomic E-state index is 5.45. The average Bonchev–Trinajstić information content (AvgIpc) is 3.25. The minimum atomic E-state index is 0. The zero-order chi connectivity index (χ0) is 21.3. The number of hydrogen-bond acceptors (Lipinski definition) is 4. The number of methoxy groups -OCH3 is 2. The molecule has 0 bridgehead atoms. The maximum atomic E-state index is 5.45. The van der Waals surface area contributed by atoms with Crippen LogP contribution in [0.15, 0.2) is 59.7 Å². The lowest BCUT2D eigenvalue weighted by atomic mass is 10.1. The van der Waals surface area contributed by atoms with Crippen LogP contribution in [0.25, 0.3) is 5.69 Å². The minimum Gasteiger partial charge on any atom is -0.497 e. The molecule has 31 heavy (non-hydrogen) atoms. The molecule has 1 aromatic heterocycles. The Balaban J connectivity index is 0.00000341. The summed E-state index contributed by atoms with van der Waals surface area (Å²) in [5.74, 6) is 2.47. The van der Waals surface area contributed by atoms with Crippen molar-refractivity contribution in [2.45, 2.75) is 19.9 Å². The van der Waals surface area contributed by atoms with Crippen LogP contribution in [0.5, 0.6) is 11.5 Å². The molecule has 8 heteroatoms. The summed E-state index contributed by atoms with van der Waals surface area (Å²) in [6.07, 6.45) is 2.79. The van der Waals surface area contributed by atoms with Crippen LogP contribution in [0.2, 0.25) is 0 Å². The van der Waals surface area contributed by atoms with Gasteiger partial charge < -0.3 is 20.1 Å². The molecule has 166 valence electrons. The van der Waals surface area contributed by atoms with E-state index in [1.54, 1.807) is 21.3 Å². The predicted octanol–water partition coefficient (Wildman–Crippen LogP) is 3.72. The number of ether oxygens (including phenoxy) is 2. The molecule has 0 unspecified atom stereocenters. The highest BCUT2D eigenvalue weighted by molar-refractivity contribution is 14.0. The zero-order valence-electron chi connectivity index (χ0n) is 18.4. The van der Waals surface area contributed by atoms with Gasteiger partial charge in [0.2, 0.25) is 0 Å². The van der Waals surface area contributed by atoms with Gasteiger partial charge in [0.25, 0.3) is 0 Å². The van der Waals surface area contributed by atoms with Crippen LogP contribution < -0.4 is 20.1 Å². The summed E-state index contributed by atoms with van der Waals surface area (Å²) in [6.45, 7) is 3.41. The lowest BCUT2D eigenvalue weighted by Gasteiger charge is -2.13. The van der Waals surface area contributed by atoms with E-state index >= 15 is 0 Å². The van der Waals surface area contributed by atoms with E-state index in [1.165, 1.54) is 11.1 Å². The first kappa shape index (κ1) is 24.5. The van der Waals surface area contributed by atoms with Crippen LogP contribution in [0.1, 0.15) is 16.8 Å². The fourth-order valence-corrected chi connectivity index (χ4v) is 3.15. The largest absolute Gasteiger partial charge is 0.497 e. The molecule has 3 rings (SSSR count). The molecule has 2 aromatic carbocycles. The standard InChI is InChI=1S/C23H29N5O2.HI/c1-17-5-10-22(30-4)18(15-17)11-13-25-23(24-2)26-16-19-12-14-28(27-19)20-6-8-21(29-3)9-7-20;/h5-10,12,14-15H,11,13,16H2,1-4H3,(H2,24,25,26);1H. The van der Waals surface area contributed by atoms with Gasteiger partial charge in [-0.15, -0.1) is 24.0 Å². The van der Waals surface area contributed by atoms with E-state index in [4.69, 9.17) is 9.47 Å². The molecule has 0 saturated carbocycles. The van der Waals surface area contributed by atoms with Gasteiger partial charge in [0.05, 0.1) is 32.1 Å². The van der Waals surface area contributed by atoms with Gasteiger partial charge in [-0.05, 0) is 55.3 Å². The number of halogens is 1. The summed E-state index contributed by atoms with van der Waals surface area (Å²) in [4.78, 5) is 4.29. The predicted molar refractivity (Wildman–Crippen MR) is 135 cm³/mol. The van der Waals surface area contributed by atoms with E-state index in [1.807, 2.05) is 47.3 Å². The first-order chi connectivity index (χ1) is 14.6. The van der Waals surface area contributed by atoms with Crippen molar-refractivity contribution >= 4 is 29.9 Å². The number of aryl methyl sites for hydroxylation is 1. The van der Waals surface area contributed by atoms with E-state index in [-0.39, 0.29) is 24.0 Å². The van der Waals surface area contributed by atoms with Gasteiger partial charge >= 0.3 is 0 Å². The van der Waals surface area contributed by atoms with Crippen LogP contribution >= 0.6 is 24.0 Å². The summed E-state index contributed by atoms with van der Waals surface area (Å²) in [5, 5.41) is 11.3. The molecule has 1 heterocycles. The lowest BCUT2D eigenvalue weighted by Crippen LogP contribution is -2.38. The third kappa shape index (κ3) is 6.88. The van der Waals surface area contributed by atoms with Gasteiger partial charge in [0.1, 0.15) is 11.5 Å². The summed E-state index contributed by atoms with van der Waals surface area (Å²) in [5.41, 5.74) is 4.31. The second-order valence-corrected chi connectivity index (χ2v) is 6.87. The Morgan fingerprint density at radius 1 is 1.03 bits per heavy atom. The topological polar surface area (TPSA) is 72.7 Å². The highest BCUT2D eigenvalue weighted by Crippen LogP contribution is 2.19. The molecule has 0 amide bonds. The third-order valence-corrected chi connectivity index (χ3v) is 4.76. The Labute approximate surface area is 200 Å². The van der Waals surface area contributed by atoms with Crippen LogP contribution in [-0.4, -0.2) is 43.6 Å². The Hall–Kier alpha value is -2.75. The lowest BCUT2D eigenvalue weighted by molar-refractivity contribution is 0.409. The smallest absolute Gasteiger partial charge is 0.191 e. The Morgan fingerprint density at radius 2 is 1.81 bits per heavy atom. The van der Waals surface area contributed by atoms with Crippen LogP contribution in [0.4, 0.5) is 0 Å². The van der Waals surface area contributed by atoms with Crippen molar-refractivity contribution in [3.05, 3.63) is 71.5 Å². The maximum Gasteiger partial charge on any atom is 0.191 e. The Bertz CT molecular complexity index is 986. The molecule has 0 aliphatic rings. The van der Waals surface area contributed by atoms with Crippen molar-refractivity contribution in [1.29, 1.82) is 0 Å². The molecule has 0 spiro atoms. The molecule has 0 radical (unpaired) electrons. The number of aliphatic imine (C=N–C) groups is 1. The van der Waals surface area contributed by atoms with E-state index in [0.717, 1.165) is 41.8 Å². The number of benzene rings is 2. The second kappa shape index (κ2) is 12.2. The fourth-order valence-electron chi connectivity index (χ4n) is 3.15. The van der Waals surface area contributed by atoms with E-state index in [2.05, 4.69) is 39.8 Å². The third-order valence-electron chi connectivity index (χ3n) is 4.76. The molecule has 0 saturated heterocycles. The Morgan fingerprint density at radius 3 is 2.48 bits per heavy atom. The first-order valence-electron chi connectivity index (χ1n) is 9.90. The van der Waals surface area contributed by atoms with Gasteiger partial charge in [-0.25, -0.2) is 4.68 Å². The molecule has 3 aromatic rings. The highest BCUT2D eigenvalue weighted by atomic mass is 127. The number of hydrogen-bond donors (Lipinski definition) is 2. The van der Waals surface area contributed by atoms with Gasteiger partial charge in [-0.3, -0.25) is 4.99 Å². The van der Waals surface area contributed by atoms with Crippen LogP contribution in [0, 0.1) is 6.92 Å². The number of nitrogens with one attached hydrogen (secondary N) is 2. The molecule has 2 N–H and O–H groups in total. The summed E-state index contributed by atoms with van der Waals surface area (Å²) in [6, 6.07) is 16.0. The second-order valence-electron chi connectivity index (χ2n) is 6.87. The van der Waals surface area contributed by atoms with E-state index in [9.17, 15) is 0 Å². The van der Waals surface area contributed by atoms with Crippen molar-refractivity contribution in [2.24, 2.45) is 4.99 Å². The van der Waals surface area contributed by atoms with Crippen molar-refractivity contribution in [1.82, 2.24) is 20.4 Å². The van der Waals surface area contributed by atoms with Crippen LogP contribution in [-0.2, 0) is 13.0 Å². The first-order valence-corrected chi connectivity index (χ1v) is 9.90. The zero-order valence-corrected chi connectivity index (χ0v) is 20.7. The van der Waals surface area contributed by atoms with Crippen molar-refractivity contribution in [2.75, 3.05) is 27.8 Å². The molecule has 0 aliphatic carbocycles.